The van der Waals surface area contributed by atoms with E-state index < -0.39 is 6.09 Å². The molecule has 7 heteroatoms. The number of nitrogens with one attached hydrogen (secondary N) is 3. The zero-order valence-electron chi connectivity index (χ0n) is 17.7. The van der Waals surface area contributed by atoms with Crippen LogP contribution >= 0.6 is 0 Å². The van der Waals surface area contributed by atoms with Crippen LogP contribution in [0.5, 0.6) is 5.75 Å². The van der Waals surface area contributed by atoms with Crippen LogP contribution in [0.15, 0.2) is 47.5 Å². The van der Waals surface area contributed by atoms with Crippen LogP contribution in [-0.2, 0) is 17.8 Å². The number of nitrogens with zero attached hydrogens (tertiary/aromatic N) is 1. The molecule has 0 aliphatic heterocycles. The molecule has 0 bridgehead atoms. The summed E-state index contributed by atoms with van der Waals surface area (Å²) in [7, 11) is 3.07. The number of rotatable bonds is 7. The summed E-state index contributed by atoms with van der Waals surface area (Å²) in [6.45, 7) is 7.29. The molecule has 0 spiro atoms. The van der Waals surface area contributed by atoms with Crippen molar-refractivity contribution in [2.75, 3.05) is 19.5 Å². The number of anilines is 1. The summed E-state index contributed by atoms with van der Waals surface area (Å²) in [5, 5.41) is 9.23. The lowest BCUT2D eigenvalue weighted by Gasteiger charge is -2.17. The molecular weight excluding hydrogens is 368 g/mol. The van der Waals surface area contributed by atoms with Gasteiger partial charge < -0.3 is 20.1 Å². The molecule has 0 heterocycles. The summed E-state index contributed by atoms with van der Waals surface area (Å²) in [5.41, 5.74) is 3.98. The van der Waals surface area contributed by atoms with E-state index in [2.05, 4.69) is 50.8 Å². The highest BCUT2D eigenvalue weighted by Crippen LogP contribution is 2.21. The minimum absolute atomic E-state index is 0.115. The van der Waals surface area contributed by atoms with Crippen molar-refractivity contribution in [1.82, 2.24) is 10.6 Å². The fraction of sp³-hybridized carbons (Fsp3) is 0.364. The lowest BCUT2D eigenvalue weighted by Crippen LogP contribution is -2.36. The van der Waals surface area contributed by atoms with Crippen molar-refractivity contribution in [3.05, 3.63) is 59.2 Å². The number of methoxy groups -OCH3 is 1. The second kappa shape index (κ2) is 10.9. The smallest absolute Gasteiger partial charge is 0.411 e. The van der Waals surface area contributed by atoms with Crippen LogP contribution in [0.1, 0.15) is 30.5 Å². The van der Waals surface area contributed by atoms with Crippen molar-refractivity contribution < 1.29 is 14.3 Å². The Labute approximate surface area is 172 Å². The van der Waals surface area contributed by atoms with E-state index in [1.165, 1.54) is 7.11 Å². The number of amides is 1. The van der Waals surface area contributed by atoms with Crippen LogP contribution in [0.4, 0.5) is 10.5 Å². The van der Waals surface area contributed by atoms with Crippen LogP contribution in [-0.4, -0.2) is 32.3 Å². The first kappa shape index (κ1) is 22.1. The SMILES string of the molecule is CN=C(NCc1ccc(NC(=O)OC)cc1)NCc1ccc(C)cc1OC(C)C. The second-order valence-electron chi connectivity index (χ2n) is 6.87. The maximum atomic E-state index is 11.2. The largest absolute Gasteiger partial charge is 0.491 e. The van der Waals surface area contributed by atoms with Gasteiger partial charge in [0.15, 0.2) is 5.96 Å². The topological polar surface area (TPSA) is 84.0 Å². The van der Waals surface area contributed by atoms with Gasteiger partial charge in [-0.2, -0.15) is 0 Å². The van der Waals surface area contributed by atoms with Crippen molar-refractivity contribution in [3.8, 4) is 5.75 Å². The van der Waals surface area contributed by atoms with Gasteiger partial charge in [0.1, 0.15) is 5.75 Å². The number of ether oxygens (including phenoxy) is 2. The number of guanidine groups is 1. The second-order valence-corrected chi connectivity index (χ2v) is 6.87. The summed E-state index contributed by atoms with van der Waals surface area (Å²) < 4.78 is 10.5. The average Bonchev–Trinajstić information content (AvgIpc) is 2.70. The standard InChI is InChI=1S/C22H30N4O3/c1-15(2)29-20-12-16(3)6-9-18(20)14-25-21(23-4)24-13-17-7-10-19(11-8-17)26-22(27)28-5/h6-12,15H,13-14H2,1-5H3,(H,26,27)(H2,23,24,25). The Hall–Kier alpha value is -3.22. The van der Waals surface area contributed by atoms with Crippen molar-refractivity contribution in [2.45, 2.75) is 40.0 Å². The highest BCUT2D eigenvalue weighted by molar-refractivity contribution is 5.84. The zero-order valence-corrected chi connectivity index (χ0v) is 17.7. The minimum Gasteiger partial charge on any atom is -0.491 e. The molecule has 2 aromatic rings. The normalized spacial score (nSPS) is 11.2. The summed E-state index contributed by atoms with van der Waals surface area (Å²) in [5.74, 6) is 1.58. The van der Waals surface area contributed by atoms with Crippen LogP contribution in [0, 0.1) is 6.92 Å². The Balaban J connectivity index is 1.91. The van der Waals surface area contributed by atoms with Gasteiger partial charge in [-0.3, -0.25) is 10.3 Å². The predicted molar refractivity (Wildman–Crippen MR) is 116 cm³/mol. The first-order valence-corrected chi connectivity index (χ1v) is 9.56. The lowest BCUT2D eigenvalue weighted by molar-refractivity contribution is 0.187. The Kier molecular flexibility index (Phi) is 8.33. The molecule has 0 unspecified atom stereocenters. The molecule has 2 rings (SSSR count). The van der Waals surface area contributed by atoms with Gasteiger partial charge >= 0.3 is 6.09 Å². The Bertz CT molecular complexity index is 832. The van der Waals surface area contributed by atoms with Gasteiger partial charge in [0, 0.05) is 31.4 Å². The van der Waals surface area contributed by atoms with E-state index in [1.807, 2.05) is 38.1 Å². The predicted octanol–water partition coefficient (Wildman–Crippen LogP) is 3.83. The Morgan fingerprint density at radius 1 is 1.07 bits per heavy atom. The Morgan fingerprint density at radius 2 is 1.76 bits per heavy atom. The molecule has 3 N–H and O–H groups in total. The molecule has 0 saturated heterocycles. The number of hydrogen-bond donors (Lipinski definition) is 3. The molecule has 0 aromatic heterocycles. The maximum absolute atomic E-state index is 11.2. The third-order valence-corrected chi connectivity index (χ3v) is 4.10. The molecule has 0 saturated carbocycles. The lowest BCUT2D eigenvalue weighted by atomic mass is 10.1. The van der Waals surface area contributed by atoms with E-state index in [-0.39, 0.29) is 6.10 Å². The molecule has 1 amide bonds. The molecule has 29 heavy (non-hydrogen) atoms. The number of benzene rings is 2. The third-order valence-electron chi connectivity index (χ3n) is 4.10. The van der Waals surface area contributed by atoms with E-state index >= 15 is 0 Å². The minimum atomic E-state index is -0.489. The molecule has 0 radical (unpaired) electrons. The van der Waals surface area contributed by atoms with Gasteiger partial charge in [0.25, 0.3) is 0 Å². The molecule has 0 fully saturated rings. The molecule has 156 valence electrons. The third kappa shape index (κ3) is 7.37. The highest BCUT2D eigenvalue weighted by atomic mass is 16.5. The first-order valence-electron chi connectivity index (χ1n) is 9.56. The summed E-state index contributed by atoms with van der Waals surface area (Å²) in [6.07, 6.45) is -0.373. The van der Waals surface area contributed by atoms with Crippen LogP contribution in [0.3, 0.4) is 0 Å². The number of aryl methyl sites for hydroxylation is 1. The van der Waals surface area contributed by atoms with Gasteiger partial charge in [0.05, 0.1) is 13.2 Å². The van der Waals surface area contributed by atoms with Gasteiger partial charge in [-0.1, -0.05) is 24.3 Å². The fourth-order valence-corrected chi connectivity index (χ4v) is 2.63. The highest BCUT2D eigenvalue weighted by Gasteiger charge is 2.08. The van der Waals surface area contributed by atoms with Crippen molar-refractivity contribution in [1.29, 1.82) is 0 Å². The number of carbonyl (C=O) groups excluding carboxylic acids is 1. The van der Waals surface area contributed by atoms with Crippen LogP contribution < -0.4 is 20.7 Å². The summed E-state index contributed by atoms with van der Waals surface area (Å²) in [4.78, 5) is 15.5. The first-order chi connectivity index (χ1) is 13.9. The summed E-state index contributed by atoms with van der Waals surface area (Å²) >= 11 is 0. The van der Waals surface area contributed by atoms with E-state index in [4.69, 9.17) is 4.74 Å². The molecular formula is C22H30N4O3. The van der Waals surface area contributed by atoms with Crippen molar-refractivity contribution in [3.63, 3.8) is 0 Å². The van der Waals surface area contributed by atoms with E-state index in [9.17, 15) is 4.79 Å². The number of hydrogen-bond acceptors (Lipinski definition) is 4. The monoisotopic (exact) mass is 398 g/mol. The average molecular weight is 399 g/mol. The molecule has 0 aliphatic rings. The van der Waals surface area contributed by atoms with Crippen molar-refractivity contribution >= 4 is 17.7 Å². The molecule has 0 atom stereocenters. The zero-order chi connectivity index (χ0) is 21.2. The molecule has 2 aromatic carbocycles. The van der Waals surface area contributed by atoms with Crippen LogP contribution in [0.2, 0.25) is 0 Å². The van der Waals surface area contributed by atoms with E-state index in [0.29, 0.717) is 24.7 Å². The van der Waals surface area contributed by atoms with E-state index in [1.54, 1.807) is 7.05 Å². The Morgan fingerprint density at radius 3 is 2.38 bits per heavy atom. The van der Waals surface area contributed by atoms with Gasteiger partial charge in [-0.15, -0.1) is 0 Å². The maximum Gasteiger partial charge on any atom is 0.411 e. The van der Waals surface area contributed by atoms with Gasteiger partial charge in [0.2, 0.25) is 0 Å². The quantitative estimate of drug-likeness (QED) is 0.488. The van der Waals surface area contributed by atoms with E-state index in [0.717, 1.165) is 22.4 Å². The van der Waals surface area contributed by atoms with Crippen LogP contribution in [0.25, 0.3) is 0 Å². The number of aliphatic imine (C=N–C) groups is 1. The fourth-order valence-electron chi connectivity index (χ4n) is 2.63. The molecule has 7 nitrogen and oxygen atoms in total. The van der Waals surface area contributed by atoms with Gasteiger partial charge in [-0.05, 0) is 50.1 Å². The number of carbonyl (C=O) groups is 1. The molecule has 0 aliphatic carbocycles. The van der Waals surface area contributed by atoms with Gasteiger partial charge in [-0.25, -0.2) is 4.79 Å². The summed E-state index contributed by atoms with van der Waals surface area (Å²) in [6, 6.07) is 13.7. The van der Waals surface area contributed by atoms with Crippen molar-refractivity contribution in [2.24, 2.45) is 4.99 Å².